The first kappa shape index (κ1) is 21.7. The number of carbonyl (C=O) groups is 1. The molecule has 0 aliphatic rings. The fourth-order valence-corrected chi connectivity index (χ4v) is 4.33. The van der Waals surface area contributed by atoms with E-state index in [4.69, 9.17) is 0 Å². The Labute approximate surface area is 175 Å². The van der Waals surface area contributed by atoms with Gasteiger partial charge in [-0.25, -0.2) is 22.6 Å². The second-order valence-corrected chi connectivity index (χ2v) is 8.84. The summed E-state index contributed by atoms with van der Waals surface area (Å²) in [6.45, 7) is 6.29. The molecule has 0 saturated carbocycles. The van der Waals surface area contributed by atoms with Crippen LogP contribution in [0.2, 0.25) is 0 Å². The number of hydrogen-bond acceptors (Lipinski definition) is 5. The Morgan fingerprint density at radius 2 is 1.93 bits per heavy atom. The number of nitrogens with one attached hydrogen (secondary N) is 3. The number of para-hydroxylation sites is 1. The molecular formula is C20H26N6O3S. The second-order valence-electron chi connectivity index (χ2n) is 7.13. The van der Waals surface area contributed by atoms with Crippen LogP contribution < -0.4 is 15.4 Å². The van der Waals surface area contributed by atoms with Gasteiger partial charge in [0.25, 0.3) is 0 Å². The van der Waals surface area contributed by atoms with E-state index in [2.05, 4.69) is 25.7 Å². The molecule has 2 aromatic carbocycles. The first-order valence-corrected chi connectivity index (χ1v) is 11.3. The van der Waals surface area contributed by atoms with Crippen molar-refractivity contribution in [3.63, 3.8) is 0 Å². The molecule has 9 nitrogen and oxygen atoms in total. The van der Waals surface area contributed by atoms with Crippen LogP contribution in [0.1, 0.15) is 26.3 Å². The molecular weight excluding hydrogens is 404 g/mol. The maximum atomic E-state index is 12.3. The summed E-state index contributed by atoms with van der Waals surface area (Å²) in [6.07, 6.45) is 0.825. The zero-order valence-electron chi connectivity index (χ0n) is 17.2. The maximum absolute atomic E-state index is 12.3. The normalized spacial score (nSPS) is 11.7. The maximum Gasteiger partial charge on any atom is 0.319 e. The molecule has 1 heterocycles. The van der Waals surface area contributed by atoms with E-state index in [0.29, 0.717) is 24.1 Å². The number of nitrogens with zero attached hydrogens (tertiary/aromatic N) is 3. The van der Waals surface area contributed by atoms with Crippen molar-refractivity contribution in [3.05, 3.63) is 48.0 Å². The van der Waals surface area contributed by atoms with Crippen molar-refractivity contribution in [1.29, 1.82) is 0 Å². The van der Waals surface area contributed by atoms with Gasteiger partial charge in [-0.3, -0.25) is 0 Å². The topological polar surface area (TPSA) is 118 Å². The minimum absolute atomic E-state index is 0.142. The molecule has 0 radical (unpaired) electrons. The third-order valence-corrected chi connectivity index (χ3v) is 6.10. The standard InChI is InChI=1S/C20H26N6O3S/c1-4-15-7-5-6-8-17(15)22-20(27)21-11-12-26-19-10-9-16(13-18(19)23-25-26)30(28,29)24-14(2)3/h5-10,13-14,24H,4,11-12H2,1-3H3,(H2,21,22,27). The number of aromatic nitrogens is 3. The molecule has 0 atom stereocenters. The average molecular weight is 431 g/mol. The van der Waals surface area contributed by atoms with E-state index in [1.807, 2.05) is 31.2 Å². The first-order valence-electron chi connectivity index (χ1n) is 9.78. The lowest BCUT2D eigenvalue weighted by atomic mass is 10.1. The van der Waals surface area contributed by atoms with Crippen LogP contribution in [-0.4, -0.2) is 42.0 Å². The Kier molecular flexibility index (Phi) is 6.68. The number of anilines is 1. The second kappa shape index (κ2) is 9.23. The quantitative estimate of drug-likeness (QED) is 0.507. The van der Waals surface area contributed by atoms with Gasteiger partial charge in [0, 0.05) is 18.3 Å². The van der Waals surface area contributed by atoms with Gasteiger partial charge in [0.2, 0.25) is 10.0 Å². The number of benzene rings is 2. The van der Waals surface area contributed by atoms with Crippen LogP contribution >= 0.6 is 0 Å². The van der Waals surface area contributed by atoms with Gasteiger partial charge in [-0.1, -0.05) is 30.3 Å². The van der Waals surface area contributed by atoms with Gasteiger partial charge in [-0.15, -0.1) is 5.10 Å². The first-order chi connectivity index (χ1) is 14.3. The lowest BCUT2D eigenvalue weighted by Crippen LogP contribution is -2.32. The summed E-state index contributed by atoms with van der Waals surface area (Å²) in [6, 6.07) is 11.8. The van der Waals surface area contributed by atoms with Gasteiger partial charge < -0.3 is 10.6 Å². The molecule has 0 fully saturated rings. The molecule has 0 spiro atoms. The van der Waals surface area contributed by atoms with Crippen molar-refractivity contribution in [2.75, 3.05) is 11.9 Å². The Hall–Kier alpha value is -2.98. The highest BCUT2D eigenvalue weighted by molar-refractivity contribution is 7.89. The molecule has 160 valence electrons. The summed E-state index contributed by atoms with van der Waals surface area (Å²) in [7, 11) is -3.60. The number of fused-ring (bicyclic) bond motifs is 1. The predicted octanol–water partition coefficient (Wildman–Crippen LogP) is 2.50. The highest BCUT2D eigenvalue weighted by atomic mass is 32.2. The van der Waals surface area contributed by atoms with Crippen LogP contribution in [0.25, 0.3) is 11.0 Å². The molecule has 2 amide bonds. The van der Waals surface area contributed by atoms with Crippen molar-refractivity contribution in [2.24, 2.45) is 0 Å². The van der Waals surface area contributed by atoms with Crippen molar-refractivity contribution in [2.45, 2.75) is 44.7 Å². The summed E-state index contributed by atoms with van der Waals surface area (Å²) in [5.41, 5.74) is 3.01. The lowest BCUT2D eigenvalue weighted by molar-refractivity contribution is 0.251. The monoisotopic (exact) mass is 430 g/mol. The Morgan fingerprint density at radius 1 is 1.17 bits per heavy atom. The molecule has 0 saturated heterocycles. The molecule has 10 heteroatoms. The molecule has 0 unspecified atom stereocenters. The third kappa shape index (κ3) is 5.14. The third-order valence-electron chi connectivity index (χ3n) is 4.44. The molecule has 30 heavy (non-hydrogen) atoms. The average Bonchev–Trinajstić information content (AvgIpc) is 3.10. The van der Waals surface area contributed by atoms with Crippen LogP contribution in [0, 0.1) is 0 Å². The number of sulfonamides is 1. The molecule has 1 aromatic heterocycles. The van der Waals surface area contributed by atoms with E-state index in [9.17, 15) is 13.2 Å². The van der Waals surface area contributed by atoms with Crippen LogP contribution in [0.5, 0.6) is 0 Å². The number of rotatable bonds is 8. The van der Waals surface area contributed by atoms with Crippen molar-refractivity contribution in [3.8, 4) is 0 Å². The Bertz CT molecular complexity index is 1140. The van der Waals surface area contributed by atoms with E-state index in [1.165, 1.54) is 12.1 Å². The van der Waals surface area contributed by atoms with Crippen LogP contribution in [0.15, 0.2) is 47.4 Å². The molecule has 0 bridgehead atoms. The van der Waals surface area contributed by atoms with E-state index < -0.39 is 10.0 Å². The van der Waals surface area contributed by atoms with Gasteiger partial charge in [0.1, 0.15) is 5.52 Å². The summed E-state index contributed by atoms with van der Waals surface area (Å²) < 4.78 is 28.8. The SMILES string of the molecule is CCc1ccccc1NC(=O)NCCn1nnc2cc(S(=O)(=O)NC(C)C)ccc21. The number of aryl methyl sites for hydroxylation is 1. The Morgan fingerprint density at radius 3 is 2.67 bits per heavy atom. The molecule has 0 aliphatic heterocycles. The van der Waals surface area contributed by atoms with E-state index in [0.717, 1.165) is 17.7 Å². The van der Waals surface area contributed by atoms with E-state index in [1.54, 1.807) is 24.6 Å². The number of hydrogen-bond donors (Lipinski definition) is 3. The Balaban J connectivity index is 1.62. The summed E-state index contributed by atoms with van der Waals surface area (Å²) in [4.78, 5) is 12.3. The molecule has 0 aliphatic carbocycles. The fraction of sp³-hybridized carbons (Fsp3) is 0.350. The van der Waals surface area contributed by atoms with Gasteiger partial charge in [0.05, 0.1) is 17.0 Å². The molecule has 3 aromatic rings. The van der Waals surface area contributed by atoms with Gasteiger partial charge >= 0.3 is 6.03 Å². The largest absolute Gasteiger partial charge is 0.336 e. The van der Waals surface area contributed by atoms with E-state index >= 15 is 0 Å². The molecule has 3 N–H and O–H groups in total. The fourth-order valence-electron chi connectivity index (χ4n) is 3.06. The summed E-state index contributed by atoms with van der Waals surface area (Å²) in [5, 5.41) is 13.8. The number of urea groups is 1. The smallest absolute Gasteiger partial charge is 0.319 e. The number of amides is 2. The van der Waals surface area contributed by atoms with Gasteiger partial charge in [-0.2, -0.15) is 0 Å². The predicted molar refractivity (Wildman–Crippen MR) is 116 cm³/mol. The zero-order chi connectivity index (χ0) is 21.7. The zero-order valence-corrected chi connectivity index (χ0v) is 18.0. The van der Waals surface area contributed by atoms with Crippen molar-refractivity contribution in [1.82, 2.24) is 25.0 Å². The minimum Gasteiger partial charge on any atom is -0.336 e. The minimum atomic E-state index is -3.60. The highest BCUT2D eigenvalue weighted by Gasteiger charge is 2.17. The van der Waals surface area contributed by atoms with Crippen LogP contribution in [-0.2, 0) is 23.0 Å². The van der Waals surface area contributed by atoms with E-state index in [-0.39, 0.29) is 17.0 Å². The van der Waals surface area contributed by atoms with Crippen molar-refractivity contribution >= 4 is 32.8 Å². The summed E-state index contributed by atoms with van der Waals surface area (Å²) >= 11 is 0. The number of carbonyl (C=O) groups excluding carboxylic acids is 1. The summed E-state index contributed by atoms with van der Waals surface area (Å²) in [5.74, 6) is 0. The molecule has 3 rings (SSSR count). The van der Waals surface area contributed by atoms with Crippen LogP contribution in [0.3, 0.4) is 0 Å². The highest BCUT2D eigenvalue weighted by Crippen LogP contribution is 2.18. The lowest BCUT2D eigenvalue weighted by Gasteiger charge is -2.11. The van der Waals surface area contributed by atoms with Gasteiger partial charge in [0.15, 0.2) is 0 Å². The van der Waals surface area contributed by atoms with Gasteiger partial charge in [-0.05, 0) is 50.1 Å². The van der Waals surface area contributed by atoms with Crippen molar-refractivity contribution < 1.29 is 13.2 Å². The van der Waals surface area contributed by atoms with Crippen LogP contribution in [0.4, 0.5) is 10.5 Å².